The molecule has 0 bridgehead atoms. The molecule has 0 N–H and O–H groups in total. The fraction of sp³-hybridized carbons (Fsp3) is 0.357. The van der Waals surface area contributed by atoms with Gasteiger partial charge < -0.3 is 9.47 Å². The van der Waals surface area contributed by atoms with Crippen molar-refractivity contribution in [1.82, 2.24) is 15.0 Å². The van der Waals surface area contributed by atoms with Crippen molar-refractivity contribution in [2.24, 2.45) is 7.05 Å². The summed E-state index contributed by atoms with van der Waals surface area (Å²) in [6, 6.07) is 1.86. The molecular weight excluding hydrogens is 258 g/mol. The molecule has 0 spiro atoms. The maximum Gasteiger partial charge on any atom is 0.330 e. The van der Waals surface area contributed by atoms with Crippen LogP contribution in [0.1, 0.15) is 18.1 Å². The standard InChI is InChI=1S/C14H17N3O3/c1-5-20-12(18)7-6-10-8-11(19-4)14-13(9(10)2)15-16-17(14)3/h6-8H,5H2,1-4H3/b7-6+. The molecule has 6 heteroatoms. The molecule has 0 radical (unpaired) electrons. The third kappa shape index (κ3) is 2.49. The van der Waals surface area contributed by atoms with Gasteiger partial charge in [-0.1, -0.05) is 5.21 Å². The van der Waals surface area contributed by atoms with Gasteiger partial charge in [0.2, 0.25) is 0 Å². The van der Waals surface area contributed by atoms with Gasteiger partial charge in [0.05, 0.1) is 13.7 Å². The minimum absolute atomic E-state index is 0.356. The van der Waals surface area contributed by atoms with Crippen molar-refractivity contribution in [3.63, 3.8) is 0 Å². The number of benzene rings is 1. The minimum atomic E-state index is -0.370. The highest BCUT2D eigenvalue weighted by Crippen LogP contribution is 2.29. The molecule has 0 aliphatic rings. The average molecular weight is 275 g/mol. The van der Waals surface area contributed by atoms with E-state index in [-0.39, 0.29) is 5.97 Å². The van der Waals surface area contributed by atoms with E-state index in [0.29, 0.717) is 12.4 Å². The zero-order valence-corrected chi connectivity index (χ0v) is 12.0. The molecule has 0 saturated heterocycles. The first kappa shape index (κ1) is 14.0. The Bertz CT molecular complexity index is 674. The highest BCUT2D eigenvalue weighted by Gasteiger charge is 2.13. The Kier molecular flexibility index (Phi) is 4.02. The molecule has 2 aromatic rings. The van der Waals surface area contributed by atoms with Gasteiger partial charge >= 0.3 is 5.97 Å². The predicted octanol–water partition coefficient (Wildman–Crippen LogP) is 1.86. The summed E-state index contributed by atoms with van der Waals surface area (Å²) in [5.74, 6) is 0.298. The number of aromatic nitrogens is 3. The number of carbonyl (C=O) groups excluding carboxylic acids is 1. The summed E-state index contributed by atoms with van der Waals surface area (Å²) < 4.78 is 11.9. The molecule has 0 unspecified atom stereocenters. The van der Waals surface area contributed by atoms with E-state index in [9.17, 15) is 4.79 Å². The van der Waals surface area contributed by atoms with Crippen molar-refractivity contribution >= 4 is 23.1 Å². The smallest absolute Gasteiger partial charge is 0.330 e. The van der Waals surface area contributed by atoms with Crippen LogP contribution in [0.5, 0.6) is 5.75 Å². The molecule has 1 heterocycles. The molecular formula is C14H17N3O3. The third-order valence-electron chi connectivity index (χ3n) is 3.04. The van der Waals surface area contributed by atoms with Crippen LogP contribution in [0.4, 0.5) is 0 Å². The number of methoxy groups -OCH3 is 1. The third-order valence-corrected chi connectivity index (χ3v) is 3.04. The van der Waals surface area contributed by atoms with Crippen LogP contribution in [0, 0.1) is 6.92 Å². The first-order valence-electron chi connectivity index (χ1n) is 6.30. The normalized spacial score (nSPS) is 11.2. The van der Waals surface area contributed by atoms with Gasteiger partial charge in [-0.2, -0.15) is 0 Å². The number of rotatable bonds is 4. The Morgan fingerprint density at radius 3 is 2.90 bits per heavy atom. The highest BCUT2D eigenvalue weighted by molar-refractivity contribution is 5.91. The van der Waals surface area contributed by atoms with Gasteiger partial charge in [-0.25, -0.2) is 9.48 Å². The van der Waals surface area contributed by atoms with Gasteiger partial charge in [-0.05, 0) is 37.1 Å². The van der Waals surface area contributed by atoms with Gasteiger partial charge in [0, 0.05) is 13.1 Å². The summed E-state index contributed by atoms with van der Waals surface area (Å²) in [5, 5.41) is 8.14. The fourth-order valence-corrected chi connectivity index (χ4v) is 2.02. The van der Waals surface area contributed by atoms with Crippen LogP contribution in [0.25, 0.3) is 17.1 Å². The molecule has 1 aromatic heterocycles. The van der Waals surface area contributed by atoms with Crippen LogP contribution in [0.2, 0.25) is 0 Å². The average Bonchev–Trinajstić information content (AvgIpc) is 2.81. The first-order valence-corrected chi connectivity index (χ1v) is 6.30. The Balaban J connectivity index is 2.49. The first-order chi connectivity index (χ1) is 9.58. The van der Waals surface area contributed by atoms with Gasteiger partial charge in [0.15, 0.2) is 0 Å². The van der Waals surface area contributed by atoms with Crippen molar-refractivity contribution in [3.8, 4) is 5.75 Å². The van der Waals surface area contributed by atoms with Crippen LogP contribution >= 0.6 is 0 Å². The number of aryl methyl sites for hydroxylation is 2. The lowest BCUT2D eigenvalue weighted by molar-refractivity contribution is -0.137. The van der Waals surface area contributed by atoms with Crippen molar-refractivity contribution in [3.05, 3.63) is 23.3 Å². The number of nitrogens with zero attached hydrogens (tertiary/aromatic N) is 3. The van der Waals surface area contributed by atoms with Crippen molar-refractivity contribution < 1.29 is 14.3 Å². The van der Waals surface area contributed by atoms with E-state index in [2.05, 4.69) is 10.3 Å². The number of fused-ring (bicyclic) bond motifs is 1. The van der Waals surface area contributed by atoms with Crippen LogP contribution in [-0.2, 0) is 16.6 Å². The Morgan fingerprint density at radius 1 is 1.50 bits per heavy atom. The molecule has 106 valence electrons. The Labute approximate surface area is 117 Å². The van der Waals surface area contributed by atoms with Crippen LogP contribution in [-0.4, -0.2) is 34.7 Å². The summed E-state index contributed by atoms with van der Waals surface area (Å²) >= 11 is 0. The summed E-state index contributed by atoms with van der Waals surface area (Å²) in [4.78, 5) is 11.4. The number of esters is 1. The summed E-state index contributed by atoms with van der Waals surface area (Å²) in [7, 11) is 3.40. The van der Waals surface area contributed by atoms with E-state index >= 15 is 0 Å². The molecule has 0 aliphatic heterocycles. The van der Waals surface area contributed by atoms with Crippen molar-refractivity contribution in [1.29, 1.82) is 0 Å². The SMILES string of the molecule is CCOC(=O)/C=C/c1cc(OC)c2c(nnn2C)c1C. The molecule has 0 atom stereocenters. The number of carbonyl (C=O) groups is 1. The molecule has 0 amide bonds. The lowest BCUT2D eigenvalue weighted by atomic mass is 10.1. The summed E-state index contributed by atoms with van der Waals surface area (Å²) in [6.45, 7) is 4.06. The molecule has 6 nitrogen and oxygen atoms in total. The van der Waals surface area contributed by atoms with E-state index in [1.165, 1.54) is 6.08 Å². The van der Waals surface area contributed by atoms with Gasteiger partial charge in [0.25, 0.3) is 0 Å². The fourth-order valence-electron chi connectivity index (χ4n) is 2.02. The second kappa shape index (κ2) is 5.73. The van der Waals surface area contributed by atoms with E-state index in [4.69, 9.17) is 9.47 Å². The van der Waals surface area contributed by atoms with E-state index in [0.717, 1.165) is 22.2 Å². The minimum Gasteiger partial charge on any atom is -0.494 e. The second-order valence-corrected chi connectivity index (χ2v) is 4.29. The summed E-state index contributed by atoms with van der Waals surface area (Å²) in [5.41, 5.74) is 3.38. The van der Waals surface area contributed by atoms with E-state index in [1.807, 2.05) is 20.0 Å². The monoisotopic (exact) mass is 275 g/mol. The largest absolute Gasteiger partial charge is 0.494 e. The molecule has 20 heavy (non-hydrogen) atoms. The molecule has 2 rings (SSSR count). The zero-order chi connectivity index (χ0) is 14.7. The second-order valence-electron chi connectivity index (χ2n) is 4.29. The van der Waals surface area contributed by atoms with E-state index in [1.54, 1.807) is 24.8 Å². The molecule has 0 aliphatic carbocycles. The topological polar surface area (TPSA) is 66.2 Å². The Hall–Kier alpha value is -2.37. The van der Waals surface area contributed by atoms with Crippen LogP contribution in [0.3, 0.4) is 0 Å². The maximum atomic E-state index is 11.4. The highest BCUT2D eigenvalue weighted by atomic mass is 16.5. The van der Waals surface area contributed by atoms with Gasteiger partial charge in [0.1, 0.15) is 16.8 Å². The number of hydrogen-bond acceptors (Lipinski definition) is 5. The maximum absolute atomic E-state index is 11.4. The Morgan fingerprint density at radius 2 is 2.25 bits per heavy atom. The van der Waals surface area contributed by atoms with Crippen LogP contribution in [0.15, 0.2) is 12.1 Å². The van der Waals surface area contributed by atoms with Crippen molar-refractivity contribution in [2.75, 3.05) is 13.7 Å². The lowest BCUT2D eigenvalue weighted by Gasteiger charge is -2.07. The van der Waals surface area contributed by atoms with Gasteiger partial charge in [-0.15, -0.1) is 5.10 Å². The van der Waals surface area contributed by atoms with E-state index < -0.39 is 0 Å². The van der Waals surface area contributed by atoms with Crippen molar-refractivity contribution in [2.45, 2.75) is 13.8 Å². The number of hydrogen-bond donors (Lipinski definition) is 0. The molecule has 0 saturated carbocycles. The lowest BCUT2D eigenvalue weighted by Crippen LogP contribution is -1.99. The number of ether oxygens (including phenoxy) is 2. The molecule has 0 fully saturated rings. The van der Waals surface area contributed by atoms with Gasteiger partial charge in [-0.3, -0.25) is 0 Å². The molecule has 1 aromatic carbocycles. The zero-order valence-electron chi connectivity index (χ0n) is 12.0. The summed E-state index contributed by atoms with van der Waals surface area (Å²) in [6.07, 6.45) is 3.09. The van der Waals surface area contributed by atoms with Crippen LogP contribution < -0.4 is 4.74 Å². The predicted molar refractivity (Wildman–Crippen MR) is 75.5 cm³/mol. The quantitative estimate of drug-likeness (QED) is 0.629.